The van der Waals surface area contributed by atoms with E-state index in [4.69, 9.17) is 47.4 Å². The maximum Gasteiger partial charge on any atom is 0.161 e. The lowest BCUT2D eigenvalue weighted by atomic mass is 9.99. The van der Waals surface area contributed by atoms with Crippen LogP contribution in [0.25, 0.3) is 0 Å². The molecule has 234 valence electrons. The highest BCUT2D eigenvalue weighted by atomic mass is 16.8. The minimum absolute atomic E-state index is 0.0696. The Labute approximate surface area is 236 Å². The summed E-state index contributed by atoms with van der Waals surface area (Å²) in [6.45, 7) is 7.31. The van der Waals surface area contributed by atoms with Gasteiger partial charge in [0.2, 0.25) is 0 Å². The fourth-order valence-electron chi connectivity index (χ4n) is 6.12. The third-order valence-electron chi connectivity index (χ3n) is 8.39. The largest absolute Gasteiger partial charge is 0.390 e. The van der Waals surface area contributed by atoms with E-state index in [-0.39, 0.29) is 30.8 Å². The molecule has 13 heteroatoms. The summed E-state index contributed by atoms with van der Waals surface area (Å²) in [6, 6.07) is 0. The average molecular weight is 581 g/mol. The van der Waals surface area contributed by atoms with Crippen molar-refractivity contribution in [3.63, 3.8) is 0 Å². The van der Waals surface area contributed by atoms with E-state index < -0.39 is 74.0 Å². The molecule has 4 rings (SSSR count). The third kappa shape index (κ3) is 7.51. The normalized spacial score (nSPS) is 50.5. The lowest BCUT2D eigenvalue weighted by molar-refractivity contribution is -0.344. The highest BCUT2D eigenvalue weighted by Crippen LogP contribution is 2.34. The van der Waals surface area contributed by atoms with Crippen molar-refractivity contribution in [2.24, 2.45) is 0 Å². The van der Waals surface area contributed by atoms with Gasteiger partial charge in [-0.25, -0.2) is 0 Å². The quantitative estimate of drug-likeness (QED) is 0.346. The zero-order valence-corrected chi connectivity index (χ0v) is 24.5. The molecule has 4 aliphatic rings. The van der Waals surface area contributed by atoms with E-state index in [1.54, 1.807) is 35.2 Å². The Morgan fingerprint density at radius 2 is 0.900 bits per heavy atom. The Morgan fingerprint density at radius 3 is 1.35 bits per heavy atom. The van der Waals surface area contributed by atoms with E-state index in [0.29, 0.717) is 19.3 Å². The van der Waals surface area contributed by atoms with E-state index in [1.807, 2.05) is 13.8 Å². The summed E-state index contributed by atoms with van der Waals surface area (Å²) in [5.41, 5.74) is 0. The van der Waals surface area contributed by atoms with Gasteiger partial charge in [-0.2, -0.15) is 0 Å². The van der Waals surface area contributed by atoms with Crippen LogP contribution in [0.3, 0.4) is 0 Å². The standard InChI is InChI=1S/C27H48O13/c1-12-24(30)17(31-5)9-21(35-12)39-26-15(4)37-23(11-19(26)33-7)40-27-14(3)36-22(10-18(27)32-6)38-25-13(2)34-20(29)8-16(25)28/h12-30H,8-11H2,1-7H3/t12-,13-,14-,15-,16+,17+,18-,19-,20-,21+,22+,23+,24-,25-,26-,27-/m1/s1. The van der Waals surface area contributed by atoms with Crippen LogP contribution >= 0.6 is 0 Å². The molecular formula is C27H48O13. The first-order valence-electron chi connectivity index (χ1n) is 14.2. The summed E-state index contributed by atoms with van der Waals surface area (Å²) in [7, 11) is 4.79. The monoisotopic (exact) mass is 580 g/mol. The molecule has 0 aromatic rings. The molecule has 0 bridgehead atoms. The summed E-state index contributed by atoms with van der Waals surface area (Å²) in [6.07, 6.45) is -7.51. The van der Waals surface area contributed by atoms with Crippen molar-refractivity contribution in [1.82, 2.24) is 0 Å². The number of rotatable bonds is 9. The van der Waals surface area contributed by atoms with Crippen molar-refractivity contribution >= 4 is 0 Å². The average Bonchev–Trinajstić information content (AvgIpc) is 2.90. The molecule has 0 aromatic heterocycles. The van der Waals surface area contributed by atoms with Crippen LogP contribution in [0.15, 0.2) is 0 Å². The molecule has 0 saturated carbocycles. The van der Waals surface area contributed by atoms with Crippen LogP contribution in [0, 0.1) is 0 Å². The smallest absolute Gasteiger partial charge is 0.161 e. The van der Waals surface area contributed by atoms with Crippen LogP contribution in [-0.4, -0.2) is 135 Å². The van der Waals surface area contributed by atoms with Gasteiger partial charge in [-0.1, -0.05) is 0 Å². The molecule has 0 spiro atoms. The Bertz CT molecular complexity index is 763. The topological polar surface area (TPSA) is 153 Å². The van der Waals surface area contributed by atoms with E-state index in [9.17, 15) is 15.3 Å². The molecule has 0 aliphatic carbocycles. The van der Waals surface area contributed by atoms with Gasteiger partial charge in [-0.05, 0) is 27.7 Å². The number of hydrogen-bond acceptors (Lipinski definition) is 13. The SMILES string of the molecule is CO[C@H]1C[C@H](O[C@@H]2[C@@H](C)O[C@@H](O[C@@H]3[C@@H](C)O[C@@H](O[C@H]4[C@@H](O)C[C@H](O)O[C@@H]4C)C[C@H]3OC)C[C@H]2OC)O[C@H](C)[C@H]1O. The van der Waals surface area contributed by atoms with Crippen LogP contribution < -0.4 is 0 Å². The van der Waals surface area contributed by atoms with Gasteiger partial charge in [0.15, 0.2) is 25.2 Å². The minimum atomic E-state index is -1.02. The van der Waals surface area contributed by atoms with Gasteiger partial charge in [0.1, 0.15) is 24.4 Å². The van der Waals surface area contributed by atoms with Crippen molar-refractivity contribution in [2.45, 2.75) is 152 Å². The number of hydrogen-bond donors (Lipinski definition) is 3. The zero-order chi connectivity index (χ0) is 29.1. The molecule has 0 unspecified atom stereocenters. The fraction of sp³-hybridized carbons (Fsp3) is 1.00. The molecule has 16 atom stereocenters. The highest BCUT2D eigenvalue weighted by molar-refractivity contribution is 4.90. The molecule has 0 amide bonds. The Hall–Kier alpha value is -0.520. The molecule has 4 heterocycles. The first-order valence-corrected chi connectivity index (χ1v) is 14.2. The molecule has 3 N–H and O–H groups in total. The van der Waals surface area contributed by atoms with Crippen LogP contribution in [0.5, 0.6) is 0 Å². The number of methoxy groups -OCH3 is 3. The van der Waals surface area contributed by atoms with E-state index >= 15 is 0 Å². The first-order chi connectivity index (χ1) is 19.0. The van der Waals surface area contributed by atoms with Crippen LogP contribution in [0.2, 0.25) is 0 Å². The molecule has 0 aromatic carbocycles. The summed E-state index contributed by atoms with van der Waals surface area (Å²) in [4.78, 5) is 0. The van der Waals surface area contributed by atoms with Gasteiger partial charge in [0.25, 0.3) is 0 Å². The molecule has 13 nitrogen and oxygen atoms in total. The van der Waals surface area contributed by atoms with Crippen LogP contribution in [0.4, 0.5) is 0 Å². The molecule has 0 radical (unpaired) electrons. The van der Waals surface area contributed by atoms with Gasteiger partial charge in [-0.15, -0.1) is 0 Å². The second-order valence-electron chi connectivity index (χ2n) is 11.2. The van der Waals surface area contributed by atoms with Crippen molar-refractivity contribution in [3.05, 3.63) is 0 Å². The van der Waals surface area contributed by atoms with Crippen molar-refractivity contribution in [2.75, 3.05) is 21.3 Å². The van der Waals surface area contributed by atoms with Crippen LogP contribution in [0.1, 0.15) is 53.4 Å². The Balaban J connectivity index is 1.33. The van der Waals surface area contributed by atoms with Gasteiger partial charge in [-0.3, -0.25) is 0 Å². The predicted octanol–water partition coefficient (Wildman–Crippen LogP) is 0.441. The van der Waals surface area contributed by atoms with Gasteiger partial charge in [0.05, 0.1) is 48.8 Å². The van der Waals surface area contributed by atoms with Gasteiger partial charge >= 0.3 is 0 Å². The summed E-state index contributed by atoms with van der Waals surface area (Å²) in [5.74, 6) is 0. The Morgan fingerprint density at radius 1 is 0.500 bits per heavy atom. The Kier molecular flexibility index (Phi) is 11.6. The number of aliphatic hydroxyl groups excluding tert-OH is 3. The van der Waals surface area contributed by atoms with E-state index in [2.05, 4.69) is 0 Å². The molecule has 40 heavy (non-hydrogen) atoms. The predicted molar refractivity (Wildman–Crippen MR) is 137 cm³/mol. The third-order valence-corrected chi connectivity index (χ3v) is 8.39. The maximum atomic E-state index is 10.4. The van der Waals surface area contributed by atoms with Crippen molar-refractivity contribution < 1.29 is 62.7 Å². The lowest BCUT2D eigenvalue weighted by Crippen LogP contribution is -2.57. The van der Waals surface area contributed by atoms with E-state index in [1.165, 1.54) is 0 Å². The molecular weight excluding hydrogens is 532 g/mol. The second kappa shape index (κ2) is 14.3. The molecule has 4 aliphatic heterocycles. The molecule has 4 fully saturated rings. The lowest BCUT2D eigenvalue weighted by Gasteiger charge is -2.46. The highest BCUT2D eigenvalue weighted by Gasteiger charge is 2.47. The fourth-order valence-corrected chi connectivity index (χ4v) is 6.12. The van der Waals surface area contributed by atoms with Crippen molar-refractivity contribution in [1.29, 1.82) is 0 Å². The minimum Gasteiger partial charge on any atom is -0.390 e. The van der Waals surface area contributed by atoms with E-state index in [0.717, 1.165) is 0 Å². The zero-order valence-electron chi connectivity index (χ0n) is 24.5. The molecule has 4 saturated heterocycles. The maximum absolute atomic E-state index is 10.4. The van der Waals surface area contributed by atoms with Gasteiger partial charge in [0, 0.05) is 47.0 Å². The number of aliphatic hydroxyl groups is 3. The van der Waals surface area contributed by atoms with Gasteiger partial charge < -0.3 is 62.7 Å². The summed E-state index contributed by atoms with van der Waals surface area (Å²) >= 11 is 0. The summed E-state index contributed by atoms with van der Waals surface area (Å²) < 4.78 is 59.3. The second-order valence-corrected chi connectivity index (χ2v) is 11.2. The number of ether oxygens (including phenoxy) is 10. The van der Waals surface area contributed by atoms with Crippen LogP contribution in [-0.2, 0) is 47.4 Å². The van der Waals surface area contributed by atoms with Crippen molar-refractivity contribution in [3.8, 4) is 0 Å². The first kappa shape index (κ1) is 32.4. The summed E-state index contributed by atoms with van der Waals surface area (Å²) in [5, 5.41) is 30.4.